The van der Waals surface area contributed by atoms with Crippen LogP contribution in [0, 0.1) is 0 Å². The van der Waals surface area contributed by atoms with Crippen molar-refractivity contribution in [3.05, 3.63) is 48.0 Å². The summed E-state index contributed by atoms with van der Waals surface area (Å²) >= 11 is 0. The van der Waals surface area contributed by atoms with E-state index < -0.39 is 0 Å². The van der Waals surface area contributed by atoms with Gasteiger partial charge in [-0.2, -0.15) is 0 Å². The fourth-order valence-corrected chi connectivity index (χ4v) is 3.07. The minimum absolute atomic E-state index is 0.814. The van der Waals surface area contributed by atoms with E-state index in [2.05, 4.69) is 35.2 Å². The molecule has 0 aromatic heterocycles. The van der Waals surface area contributed by atoms with Crippen molar-refractivity contribution in [2.24, 2.45) is 0 Å². The third-order valence-electron chi connectivity index (χ3n) is 4.25. The summed E-state index contributed by atoms with van der Waals surface area (Å²) in [6.07, 6.45) is 2.65. The van der Waals surface area contributed by atoms with Gasteiger partial charge in [0.25, 0.3) is 0 Å². The molecule has 1 aliphatic heterocycles. The van der Waals surface area contributed by atoms with Crippen LogP contribution in [-0.4, -0.2) is 32.2 Å². The topological polar surface area (TPSA) is 21.7 Å². The van der Waals surface area contributed by atoms with Crippen molar-refractivity contribution >= 4 is 0 Å². The average Bonchev–Trinajstić information content (AvgIpc) is 3.07. The maximum Gasteiger partial charge on any atom is 0.130 e. The van der Waals surface area contributed by atoms with Crippen molar-refractivity contribution in [2.75, 3.05) is 27.3 Å². The molecule has 0 amide bonds. The smallest absolute Gasteiger partial charge is 0.130 e. The Morgan fingerprint density at radius 1 is 0.955 bits per heavy atom. The van der Waals surface area contributed by atoms with E-state index in [4.69, 9.17) is 9.47 Å². The monoisotopic (exact) mass is 297 g/mol. The Labute approximate surface area is 132 Å². The molecule has 0 atom stereocenters. The van der Waals surface area contributed by atoms with Crippen molar-refractivity contribution in [1.29, 1.82) is 0 Å². The molecule has 22 heavy (non-hydrogen) atoms. The lowest BCUT2D eigenvalue weighted by Crippen LogP contribution is -2.18. The van der Waals surface area contributed by atoms with Crippen LogP contribution in [0.3, 0.4) is 0 Å². The van der Waals surface area contributed by atoms with E-state index in [1.807, 2.05) is 12.1 Å². The summed E-state index contributed by atoms with van der Waals surface area (Å²) in [4.78, 5) is 2.52. The first-order chi connectivity index (χ1) is 10.8. The van der Waals surface area contributed by atoms with Crippen molar-refractivity contribution < 1.29 is 9.47 Å². The van der Waals surface area contributed by atoms with Crippen LogP contribution in [0.15, 0.2) is 42.5 Å². The second-order valence-electron chi connectivity index (χ2n) is 5.75. The molecule has 0 radical (unpaired) electrons. The van der Waals surface area contributed by atoms with Gasteiger partial charge in [-0.25, -0.2) is 0 Å². The molecule has 3 rings (SSSR count). The lowest BCUT2D eigenvalue weighted by atomic mass is 10.0. The number of benzene rings is 2. The van der Waals surface area contributed by atoms with Crippen LogP contribution < -0.4 is 9.47 Å². The zero-order valence-corrected chi connectivity index (χ0v) is 13.3. The highest BCUT2D eigenvalue weighted by molar-refractivity contribution is 5.72. The Morgan fingerprint density at radius 3 is 2.50 bits per heavy atom. The van der Waals surface area contributed by atoms with Gasteiger partial charge in [0, 0.05) is 18.2 Å². The SMILES string of the molecule is COc1ccc(-c2cccc(CN3CCCC3)c2)c(OC)c1. The Balaban J connectivity index is 1.88. The summed E-state index contributed by atoms with van der Waals surface area (Å²) in [5.74, 6) is 1.66. The number of rotatable bonds is 5. The molecular formula is C19H23NO2. The molecule has 3 heteroatoms. The van der Waals surface area contributed by atoms with E-state index in [1.54, 1.807) is 14.2 Å². The molecule has 116 valence electrons. The van der Waals surface area contributed by atoms with Crippen molar-refractivity contribution in [2.45, 2.75) is 19.4 Å². The summed E-state index contributed by atoms with van der Waals surface area (Å²) in [7, 11) is 3.37. The first-order valence-electron chi connectivity index (χ1n) is 7.84. The van der Waals surface area contributed by atoms with Gasteiger partial charge in [-0.3, -0.25) is 4.90 Å². The van der Waals surface area contributed by atoms with Crippen LogP contribution in [0.4, 0.5) is 0 Å². The predicted molar refractivity (Wildman–Crippen MR) is 89.5 cm³/mol. The number of ether oxygens (including phenoxy) is 2. The zero-order chi connectivity index (χ0) is 15.4. The Morgan fingerprint density at radius 2 is 1.77 bits per heavy atom. The molecule has 0 saturated carbocycles. The highest BCUT2D eigenvalue weighted by atomic mass is 16.5. The van der Waals surface area contributed by atoms with Crippen LogP contribution in [0.1, 0.15) is 18.4 Å². The van der Waals surface area contributed by atoms with Crippen molar-refractivity contribution in [1.82, 2.24) is 4.90 Å². The molecule has 1 aliphatic rings. The summed E-state index contributed by atoms with van der Waals surface area (Å²) < 4.78 is 10.8. The van der Waals surface area contributed by atoms with Crippen LogP contribution >= 0.6 is 0 Å². The predicted octanol–water partition coefficient (Wildman–Crippen LogP) is 3.97. The van der Waals surface area contributed by atoms with E-state index >= 15 is 0 Å². The molecule has 3 nitrogen and oxygen atoms in total. The minimum atomic E-state index is 0.814. The first-order valence-corrected chi connectivity index (χ1v) is 7.84. The molecule has 1 saturated heterocycles. The molecule has 2 aromatic carbocycles. The van der Waals surface area contributed by atoms with E-state index in [-0.39, 0.29) is 0 Å². The summed E-state index contributed by atoms with van der Waals surface area (Å²) in [6.45, 7) is 3.47. The van der Waals surface area contributed by atoms with E-state index in [1.165, 1.54) is 37.1 Å². The third-order valence-corrected chi connectivity index (χ3v) is 4.25. The largest absolute Gasteiger partial charge is 0.497 e. The molecule has 0 aliphatic carbocycles. The number of hydrogen-bond acceptors (Lipinski definition) is 3. The van der Waals surface area contributed by atoms with Gasteiger partial charge in [0.2, 0.25) is 0 Å². The molecule has 1 fully saturated rings. The highest BCUT2D eigenvalue weighted by Gasteiger charge is 2.13. The molecule has 0 unspecified atom stereocenters. The van der Waals surface area contributed by atoms with Crippen LogP contribution in [0.25, 0.3) is 11.1 Å². The van der Waals surface area contributed by atoms with Crippen LogP contribution in [0.5, 0.6) is 11.5 Å². The summed E-state index contributed by atoms with van der Waals surface area (Å²) in [6, 6.07) is 14.7. The van der Waals surface area contributed by atoms with E-state index in [9.17, 15) is 0 Å². The molecule has 0 spiro atoms. The quantitative estimate of drug-likeness (QED) is 0.833. The van der Waals surface area contributed by atoms with Gasteiger partial charge in [0.15, 0.2) is 0 Å². The number of likely N-dealkylation sites (tertiary alicyclic amines) is 1. The minimum Gasteiger partial charge on any atom is -0.497 e. The maximum absolute atomic E-state index is 5.53. The maximum atomic E-state index is 5.53. The molecule has 0 N–H and O–H groups in total. The third kappa shape index (κ3) is 3.25. The Hall–Kier alpha value is -2.00. The normalized spacial score (nSPS) is 15.0. The second-order valence-corrected chi connectivity index (χ2v) is 5.75. The molecule has 0 bridgehead atoms. The first kappa shape index (κ1) is 14.9. The number of methoxy groups -OCH3 is 2. The zero-order valence-electron chi connectivity index (χ0n) is 13.3. The van der Waals surface area contributed by atoms with E-state index in [0.717, 1.165) is 23.6 Å². The fourth-order valence-electron chi connectivity index (χ4n) is 3.07. The van der Waals surface area contributed by atoms with Gasteiger partial charge in [-0.05, 0) is 55.3 Å². The van der Waals surface area contributed by atoms with Crippen molar-refractivity contribution in [3.8, 4) is 22.6 Å². The molecule has 1 heterocycles. The lowest BCUT2D eigenvalue weighted by Gasteiger charge is -2.16. The molecule has 2 aromatic rings. The van der Waals surface area contributed by atoms with Gasteiger partial charge in [0.05, 0.1) is 14.2 Å². The van der Waals surface area contributed by atoms with Crippen LogP contribution in [-0.2, 0) is 6.54 Å². The number of hydrogen-bond donors (Lipinski definition) is 0. The standard InChI is InChI=1S/C19H23NO2/c1-21-17-8-9-18(19(13-17)22-2)16-7-5-6-15(12-16)14-20-10-3-4-11-20/h5-9,12-13H,3-4,10-11,14H2,1-2H3. The van der Waals surface area contributed by atoms with Gasteiger partial charge >= 0.3 is 0 Å². The fraction of sp³-hybridized carbons (Fsp3) is 0.368. The van der Waals surface area contributed by atoms with Gasteiger partial charge in [-0.15, -0.1) is 0 Å². The van der Waals surface area contributed by atoms with Crippen molar-refractivity contribution in [3.63, 3.8) is 0 Å². The van der Waals surface area contributed by atoms with Gasteiger partial charge in [-0.1, -0.05) is 18.2 Å². The Bertz CT molecular complexity index is 633. The van der Waals surface area contributed by atoms with Crippen LogP contribution in [0.2, 0.25) is 0 Å². The number of nitrogens with zero attached hydrogens (tertiary/aromatic N) is 1. The summed E-state index contributed by atoms with van der Waals surface area (Å²) in [5.41, 5.74) is 3.65. The second kappa shape index (κ2) is 6.84. The van der Waals surface area contributed by atoms with Gasteiger partial charge in [0.1, 0.15) is 11.5 Å². The Kier molecular flexibility index (Phi) is 4.64. The molecular weight excluding hydrogens is 274 g/mol. The van der Waals surface area contributed by atoms with Gasteiger partial charge < -0.3 is 9.47 Å². The average molecular weight is 297 g/mol. The summed E-state index contributed by atoms with van der Waals surface area (Å²) in [5, 5.41) is 0. The van der Waals surface area contributed by atoms with E-state index in [0.29, 0.717) is 0 Å². The lowest BCUT2D eigenvalue weighted by molar-refractivity contribution is 0.331. The highest BCUT2D eigenvalue weighted by Crippen LogP contribution is 2.33.